The van der Waals surface area contributed by atoms with Gasteiger partial charge in [0.15, 0.2) is 11.5 Å². The molecule has 2 aromatic rings. The normalized spacial score (nSPS) is 16.3. The fourth-order valence-electron chi connectivity index (χ4n) is 3.28. The van der Waals surface area contributed by atoms with Gasteiger partial charge in [0.25, 0.3) is 5.91 Å². The number of benzene rings is 2. The Labute approximate surface area is 161 Å². The van der Waals surface area contributed by atoms with Crippen LogP contribution in [0, 0.1) is 5.92 Å². The maximum absolute atomic E-state index is 13.1. The number of amides is 1. The molecular formula is C22H28N2O3. The number of methoxy groups -OCH3 is 1. The van der Waals surface area contributed by atoms with Crippen LogP contribution in [0.3, 0.4) is 0 Å². The summed E-state index contributed by atoms with van der Waals surface area (Å²) in [5.41, 5.74) is 2.51. The number of anilines is 1. The molecule has 0 spiro atoms. The van der Waals surface area contributed by atoms with Crippen molar-refractivity contribution in [2.75, 3.05) is 19.0 Å². The number of para-hydroxylation sites is 1. The fourth-order valence-corrected chi connectivity index (χ4v) is 3.28. The molecule has 1 heterocycles. The van der Waals surface area contributed by atoms with Crippen LogP contribution < -0.4 is 14.8 Å². The number of hydrogen-bond donors (Lipinski definition) is 1. The Morgan fingerprint density at radius 1 is 1.07 bits per heavy atom. The average Bonchev–Trinajstić information content (AvgIpc) is 2.65. The summed E-state index contributed by atoms with van der Waals surface area (Å²) in [7, 11) is 1.64. The number of carbonyl (C=O) groups is 1. The van der Waals surface area contributed by atoms with Crippen LogP contribution in [0.25, 0.3) is 0 Å². The van der Waals surface area contributed by atoms with E-state index in [1.54, 1.807) is 7.11 Å². The average molecular weight is 368 g/mol. The minimum absolute atomic E-state index is 0.0310. The van der Waals surface area contributed by atoms with Crippen LogP contribution in [0.4, 0.5) is 5.69 Å². The van der Waals surface area contributed by atoms with E-state index in [4.69, 9.17) is 9.47 Å². The molecule has 0 radical (unpaired) electrons. The molecule has 1 aliphatic heterocycles. The standard InChI is InChI=1S/C22H28N2O3/c1-14(2)13-27-19-11-10-16(12-20(19)26-5)21-23-18-9-7-6-8-17(18)22(25)24(21)15(3)4/h6-12,14-15,21,23H,13H2,1-5H3. The lowest BCUT2D eigenvalue weighted by atomic mass is 10.0. The van der Waals surface area contributed by atoms with Crippen LogP contribution in [-0.2, 0) is 0 Å². The second kappa shape index (κ2) is 7.91. The van der Waals surface area contributed by atoms with E-state index in [-0.39, 0.29) is 18.1 Å². The van der Waals surface area contributed by atoms with Crippen LogP contribution >= 0.6 is 0 Å². The molecule has 0 aliphatic carbocycles. The minimum atomic E-state index is -0.263. The van der Waals surface area contributed by atoms with Gasteiger partial charge < -0.3 is 19.7 Å². The predicted molar refractivity (Wildman–Crippen MR) is 107 cm³/mol. The van der Waals surface area contributed by atoms with Crippen molar-refractivity contribution in [3.8, 4) is 11.5 Å². The van der Waals surface area contributed by atoms with Gasteiger partial charge in [-0.05, 0) is 49.6 Å². The molecule has 3 rings (SSSR count). The summed E-state index contributed by atoms with van der Waals surface area (Å²) in [6, 6.07) is 13.5. The quantitative estimate of drug-likeness (QED) is 0.803. The lowest BCUT2D eigenvalue weighted by molar-refractivity contribution is 0.0616. The molecule has 5 nitrogen and oxygen atoms in total. The summed E-state index contributed by atoms with van der Waals surface area (Å²) >= 11 is 0. The van der Waals surface area contributed by atoms with Crippen molar-refractivity contribution in [1.29, 1.82) is 0 Å². The molecule has 27 heavy (non-hydrogen) atoms. The van der Waals surface area contributed by atoms with E-state index < -0.39 is 0 Å². The zero-order valence-electron chi connectivity index (χ0n) is 16.7. The van der Waals surface area contributed by atoms with Crippen molar-refractivity contribution in [3.05, 3.63) is 53.6 Å². The van der Waals surface area contributed by atoms with Crippen LogP contribution in [0.2, 0.25) is 0 Å². The fraction of sp³-hybridized carbons (Fsp3) is 0.409. The van der Waals surface area contributed by atoms with Gasteiger partial charge in [-0.1, -0.05) is 32.0 Å². The van der Waals surface area contributed by atoms with Crippen molar-refractivity contribution < 1.29 is 14.3 Å². The van der Waals surface area contributed by atoms with Gasteiger partial charge in [0.2, 0.25) is 0 Å². The van der Waals surface area contributed by atoms with Crippen LogP contribution in [-0.4, -0.2) is 30.6 Å². The second-order valence-corrected chi connectivity index (χ2v) is 7.51. The first-order valence-corrected chi connectivity index (χ1v) is 9.41. The summed E-state index contributed by atoms with van der Waals surface area (Å²) < 4.78 is 11.4. The molecule has 0 saturated carbocycles. The van der Waals surface area contributed by atoms with Crippen molar-refractivity contribution >= 4 is 11.6 Å². The number of nitrogens with zero attached hydrogens (tertiary/aromatic N) is 1. The van der Waals surface area contributed by atoms with Crippen molar-refractivity contribution in [2.24, 2.45) is 5.92 Å². The highest BCUT2D eigenvalue weighted by atomic mass is 16.5. The van der Waals surface area contributed by atoms with Gasteiger partial charge in [0.05, 0.1) is 19.3 Å². The maximum Gasteiger partial charge on any atom is 0.258 e. The maximum atomic E-state index is 13.1. The molecule has 1 amide bonds. The van der Waals surface area contributed by atoms with Crippen LogP contribution in [0.15, 0.2) is 42.5 Å². The lowest BCUT2D eigenvalue weighted by Crippen LogP contribution is -2.46. The molecular weight excluding hydrogens is 340 g/mol. The Morgan fingerprint density at radius 3 is 2.48 bits per heavy atom. The Bertz CT molecular complexity index is 817. The Kier molecular flexibility index (Phi) is 5.59. The van der Waals surface area contributed by atoms with E-state index in [0.717, 1.165) is 11.3 Å². The molecule has 1 N–H and O–H groups in total. The molecule has 0 fully saturated rings. The third kappa shape index (κ3) is 3.87. The highest BCUT2D eigenvalue weighted by Crippen LogP contribution is 2.37. The van der Waals surface area contributed by atoms with Gasteiger partial charge >= 0.3 is 0 Å². The molecule has 1 atom stereocenters. The summed E-state index contributed by atoms with van der Waals surface area (Å²) in [6.07, 6.45) is -0.263. The number of carbonyl (C=O) groups excluding carboxylic acids is 1. The van der Waals surface area contributed by atoms with Crippen molar-refractivity contribution in [3.63, 3.8) is 0 Å². The molecule has 0 bridgehead atoms. The van der Waals surface area contributed by atoms with E-state index >= 15 is 0 Å². The molecule has 5 heteroatoms. The van der Waals surface area contributed by atoms with Gasteiger partial charge in [-0.3, -0.25) is 4.79 Å². The third-order valence-electron chi connectivity index (χ3n) is 4.59. The monoisotopic (exact) mass is 368 g/mol. The van der Waals surface area contributed by atoms with E-state index in [9.17, 15) is 4.79 Å². The number of nitrogens with one attached hydrogen (secondary N) is 1. The van der Waals surface area contributed by atoms with Crippen LogP contribution in [0.1, 0.15) is 49.8 Å². The van der Waals surface area contributed by atoms with E-state index in [0.29, 0.717) is 29.6 Å². The van der Waals surface area contributed by atoms with Crippen molar-refractivity contribution in [1.82, 2.24) is 4.90 Å². The first kappa shape index (κ1) is 19.1. The van der Waals surface area contributed by atoms with E-state index in [1.807, 2.05) is 61.2 Å². The molecule has 2 aromatic carbocycles. The van der Waals surface area contributed by atoms with Gasteiger partial charge in [0.1, 0.15) is 6.17 Å². The van der Waals surface area contributed by atoms with Crippen LogP contribution in [0.5, 0.6) is 11.5 Å². The topological polar surface area (TPSA) is 50.8 Å². The second-order valence-electron chi connectivity index (χ2n) is 7.51. The first-order valence-electron chi connectivity index (χ1n) is 9.41. The number of rotatable bonds is 6. The predicted octanol–water partition coefficient (Wildman–Crippen LogP) is 4.70. The zero-order chi connectivity index (χ0) is 19.6. The highest BCUT2D eigenvalue weighted by Gasteiger charge is 2.34. The van der Waals surface area contributed by atoms with Gasteiger partial charge in [-0.15, -0.1) is 0 Å². The Morgan fingerprint density at radius 2 is 1.81 bits per heavy atom. The van der Waals surface area contributed by atoms with Gasteiger partial charge in [0, 0.05) is 11.7 Å². The smallest absolute Gasteiger partial charge is 0.258 e. The SMILES string of the molecule is COc1cc(C2Nc3ccccc3C(=O)N2C(C)C)ccc1OCC(C)C. The molecule has 0 saturated heterocycles. The van der Waals surface area contributed by atoms with E-state index in [2.05, 4.69) is 19.2 Å². The zero-order valence-corrected chi connectivity index (χ0v) is 16.7. The third-order valence-corrected chi connectivity index (χ3v) is 4.59. The summed E-state index contributed by atoms with van der Waals surface area (Å²) in [4.78, 5) is 14.9. The summed E-state index contributed by atoms with van der Waals surface area (Å²) in [5, 5.41) is 3.50. The lowest BCUT2D eigenvalue weighted by Gasteiger charge is -2.40. The Balaban J connectivity index is 1.97. The molecule has 1 aliphatic rings. The van der Waals surface area contributed by atoms with Crippen molar-refractivity contribution in [2.45, 2.75) is 39.9 Å². The van der Waals surface area contributed by atoms with Gasteiger partial charge in [-0.2, -0.15) is 0 Å². The highest BCUT2D eigenvalue weighted by molar-refractivity contribution is 6.01. The molecule has 0 aromatic heterocycles. The largest absolute Gasteiger partial charge is 0.493 e. The number of ether oxygens (including phenoxy) is 2. The number of fused-ring (bicyclic) bond motifs is 1. The summed E-state index contributed by atoms with van der Waals surface area (Å²) in [6.45, 7) is 8.89. The summed E-state index contributed by atoms with van der Waals surface area (Å²) in [5.74, 6) is 1.85. The molecule has 144 valence electrons. The molecule has 1 unspecified atom stereocenters. The van der Waals surface area contributed by atoms with E-state index in [1.165, 1.54) is 0 Å². The van der Waals surface area contributed by atoms with Gasteiger partial charge in [-0.25, -0.2) is 0 Å². The number of hydrogen-bond acceptors (Lipinski definition) is 4. The minimum Gasteiger partial charge on any atom is -0.493 e. The first-order chi connectivity index (χ1) is 12.9. The Hall–Kier alpha value is -2.69.